The second-order valence-electron chi connectivity index (χ2n) is 4.09. The van der Waals surface area contributed by atoms with Crippen LogP contribution in [-0.2, 0) is 6.42 Å². The summed E-state index contributed by atoms with van der Waals surface area (Å²) in [6.07, 6.45) is 2.37. The molecule has 1 rings (SSSR count). The molecular formula is C13H19Br. The largest absolute Gasteiger partial charge is 0.0888 e. The molecule has 0 radical (unpaired) electrons. The Hall–Kier alpha value is -0.300. The fourth-order valence-electron chi connectivity index (χ4n) is 1.74. The molecule has 1 aromatic carbocycles. The van der Waals surface area contributed by atoms with E-state index in [1.165, 1.54) is 24.0 Å². The van der Waals surface area contributed by atoms with Crippen LogP contribution < -0.4 is 0 Å². The molecule has 0 fully saturated rings. The lowest BCUT2D eigenvalue weighted by Gasteiger charge is -2.16. The molecule has 0 amide bonds. The second-order valence-corrected chi connectivity index (χ2v) is 5.27. The van der Waals surface area contributed by atoms with E-state index in [1.807, 2.05) is 0 Å². The average Bonchev–Trinajstić information content (AvgIpc) is 2.16. The van der Waals surface area contributed by atoms with Crippen LogP contribution in [0.25, 0.3) is 0 Å². The zero-order chi connectivity index (χ0) is 10.6. The highest BCUT2D eigenvalue weighted by Gasteiger charge is 2.12. The van der Waals surface area contributed by atoms with Gasteiger partial charge in [-0.05, 0) is 31.2 Å². The Morgan fingerprint density at radius 3 is 2.64 bits per heavy atom. The van der Waals surface area contributed by atoms with E-state index in [-0.39, 0.29) is 0 Å². The summed E-state index contributed by atoms with van der Waals surface area (Å²) >= 11 is 3.72. The minimum Gasteiger partial charge on any atom is -0.0888 e. The van der Waals surface area contributed by atoms with Gasteiger partial charge in [-0.25, -0.2) is 0 Å². The quantitative estimate of drug-likeness (QED) is 0.702. The van der Waals surface area contributed by atoms with Crippen LogP contribution in [0, 0.1) is 12.8 Å². The van der Waals surface area contributed by atoms with Gasteiger partial charge in [0.25, 0.3) is 0 Å². The highest BCUT2D eigenvalue weighted by molar-refractivity contribution is 9.09. The Kier molecular flexibility index (Phi) is 4.67. The summed E-state index contributed by atoms with van der Waals surface area (Å²) < 4.78 is 0. The van der Waals surface area contributed by atoms with E-state index in [2.05, 4.69) is 61.0 Å². The molecule has 1 heteroatoms. The van der Waals surface area contributed by atoms with Crippen LogP contribution in [0.4, 0.5) is 0 Å². The molecule has 14 heavy (non-hydrogen) atoms. The fourth-order valence-corrected chi connectivity index (χ4v) is 1.93. The maximum absolute atomic E-state index is 3.72. The van der Waals surface area contributed by atoms with E-state index in [9.17, 15) is 0 Å². The lowest BCUT2D eigenvalue weighted by Crippen LogP contribution is -2.12. The van der Waals surface area contributed by atoms with Crippen molar-refractivity contribution in [1.29, 1.82) is 0 Å². The predicted octanol–water partition coefficient (Wildman–Crippen LogP) is 4.35. The van der Waals surface area contributed by atoms with Crippen molar-refractivity contribution in [3.8, 4) is 0 Å². The Balaban J connectivity index is 2.60. The third-order valence-electron chi connectivity index (χ3n) is 2.65. The van der Waals surface area contributed by atoms with Crippen molar-refractivity contribution in [2.24, 2.45) is 5.92 Å². The van der Waals surface area contributed by atoms with Crippen LogP contribution in [-0.4, -0.2) is 4.83 Å². The molecule has 0 saturated carbocycles. The number of aryl methyl sites for hydroxylation is 1. The number of rotatable bonds is 4. The lowest BCUT2D eigenvalue weighted by molar-refractivity contribution is 0.545. The molecule has 78 valence electrons. The maximum atomic E-state index is 3.72. The Morgan fingerprint density at radius 2 is 2.07 bits per heavy atom. The summed E-state index contributed by atoms with van der Waals surface area (Å²) in [5, 5.41) is 0. The van der Waals surface area contributed by atoms with Gasteiger partial charge in [-0.2, -0.15) is 0 Å². The van der Waals surface area contributed by atoms with E-state index in [0.717, 1.165) is 0 Å². The van der Waals surface area contributed by atoms with Crippen molar-refractivity contribution in [2.75, 3.05) is 0 Å². The van der Waals surface area contributed by atoms with Crippen molar-refractivity contribution in [3.05, 3.63) is 35.4 Å². The highest BCUT2D eigenvalue weighted by atomic mass is 79.9. The van der Waals surface area contributed by atoms with E-state index in [4.69, 9.17) is 0 Å². The summed E-state index contributed by atoms with van der Waals surface area (Å²) in [6.45, 7) is 6.69. The molecule has 0 aliphatic heterocycles. The molecule has 1 aromatic rings. The van der Waals surface area contributed by atoms with Gasteiger partial charge in [0.1, 0.15) is 0 Å². The Morgan fingerprint density at radius 1 is 1.36 bits per heavy atom. The van der Waals surface area contributed by atoms with Gasteiger partial charge in [0, 0.05) is 4.83 Å². The number of halogens is 1. The highest BCUT2D eigenvalue weighted by Crippen LogP contribution is 2.20. The van der Waals surface area contributed by atoms with Gasteiger partial charge in [-0.15, -0.1) is 0 Å². The SMILES string of the molecule is CCC(Br)C(C)Cc1cccc(C)c1. The predicted molar refractivity (Wildman–Crippen MR) is 67.1 cm³/mol. The van der Waals surface area contributed by atoms with Crippen LogP contribution in [0.15, 0.2) is 24.3 Å². The van der Waals surface area contributed by atoms with Crippen LogP contribution in [0.5, 0.6) is 0 Å². The van der Waals surface area contributed by atoms with Crippen LogP contribution in [0.3, 0.4) is 0 Å². The molecule has 0 nitrogen and oxygen atoms in total. The lowest BCUT2D eigenvalue weighted by atomic mass is 9.96. The van der Waals surface area contributed by atoms with Crippen LogP contribution in [0.2, 0.25) is 0 Å². The molecule has 0 aliphatic rings. The minimum atomic E-state index is 0.642. The second kappa shape index (κ2) is 5.55. The van der Waals surface area contributed by atoms with E-state index < -0.39 is 0 Å². The van der Waals surface area contributed by atoms with Crippen LogP contribution >= 0.6 is 15.9 Å². The van der Waals surface area contributed by atoms with Gasteiger partial charge < -0.3 is 0 Å². The third-order valence-corrected chi connectivity index (χ3v) is 4.20. The van der Waals surface area contributed by atoms with E-state index >= 15 is 0 Å². The molecule has 2 unspecified atom stereocenters. The number of hydrogen-bond acceptors (Lipinski definition) is 0. The topological polar surface area (TPSA) is 0 Å². The molecule has 0 aliphatic carbocycles. The summed E-state index contributed by atoms with van der Waals surface area (Å²) in [5.74, 6) is 0.710. The van der Waals surface area contributed by atoms with Gasteiger partial charge in [-0.3, -0.25) is 0 Å². The maximum Gasteiger partial charge on any atom is 0.0172 e. The third kappa shape index (κ3) is 3.45. The van der Waals surface area contributed by atoms with E-state index in [0.29, 0.717) is 10.7 Å². The monoisotopic (exact) mass is 254 g/mol. The first-order valence-electron chi connectivity index (χ1n) is 5.33. The van der Waals surface area contributed by atoms with Crippen molar-refractivity contribution >= 4 is 15.9 Å². The summed E-state index contributed by atoms with van der Waals surface area (Å²) in [5.41, 5.74) is 2.81. The van der Waals surface area contributed by atoms with Gasteiger partial charge in [0.05, 0.1) is 0 Å². The van der Waals surface area contributed by atoms with Gasteiger partial charge in [-0.1, -0.05) is 59.6 Å². The summed E-state index contributed by atoms with van der Waals surface area (Å²) in [4.78, 5) is 0.642. The molecule has 0 saturated heterocycles. The average molecular weight is 255 g/mol. The molecule has 2 atom stereocenters. The molecule has 0 bridgehead atoms. The van der Waals surface area contributed by atoms with Gasteiger partial charge in [0.15, 0.2) is 0 Å². The number of alkyl halides is 1. The van der Waals surface area contributed by atoms with E-state index in [1.54, 1.807) is 0 Å². The van der Waals surface area contributed by atoms with Crippen molar-refractivity contribution in [3.63, 3.8) is 0 Å². The van der Waals surface area contributed by atoms with Gasteiger partial charge in [0.2, 0.25) is 0 Å². The first kappa shape index (κ1) is 11.8. The summed E-state index contributed by atoms with van der Waals surface area (Å²) in [6, 6.07) is 8.80. The van der Waals surface area contributed by atoms with Crippen molar-refractivity contribution < 1.29 is 0 Å². The molecular weight excluding hydrogens is 236 g/mol. The summed E-state index contributed by atoms with van der Waals surface area (Å²) in [7, 11) is 0. The Bertz CT molecular complexity index is 280. The van der Waals surface area contributed by atoms with Gasteiger partial charge >= 0.3 is 0 Å². The van der Waals surface area contributed by atoms with Crippen molar-refractivity contribution in [1.82, 2.24) is 0 Å². The molecule has 0 heterocycles. The fraction of sp³-hybridized carbons (Fsp3) is 0.538. The first-order valence-corrected chi connectivity index (χ1v) is 6.24. The molecule has 0 aromatic heterocycles. The number of hydrogen-bond donors (Lipinski definition) is 0. The zero-order valence-corrected chi connectivity index (χ0v) is 10.8. The van der Waals surface area contributed by atoms with Crippen molar-refractivity contribution in [2.45, 2.75) is 38.4 Å². The smallest absolute Gasteiger partial charge is 0.0172 e. The standard InChI is InChI=1S/C13H19Br/c1-4-13(14)11(3)9-12-7-5-6-10(2)8-12/h5-8,11,13H,4,9H2,1-3H3. The molecule has 0 spiro atoms. The molecule has 0 N–H and O–H groups in total. The minimum absolute atomic E-state index is 0.642. The van der Waals surface area contributed by atoms with Crippen LogP contribution in [0.1, 0.15) is 31.4 Å². The number of benzene rings is 1. The zero-order valence-electron chi connectivity index (χ0n) is 9.26. The Labute approximate surface area is 95.9 Å². The normalized spacial score (nSPS) is 15.1. The first-order chi connectivity index (χ1) is 6.63.